The molecular formula is C13H21BrClNO3. The van der Waals surface area contributed by atoms with Gasteiger partial charge in [-0.25, -0.2) is 0 Å². The zero-order chi connectivity index (χ0) is 13.7. The van der Waals surface area contributed by atoms with Crippen molar-refractivity contribution in [1.82, 2.24) is 0 Å². The zero-order valence-corrected chi connectivity index (χ0v) is 13.8. The van der Waals surface area contributed by atoms with E-state index in [4.69, 9.17) is 15.2 Å². The molecule has 19 heavy (non-hydrogen) atoms. The van der Waals surface area contributed by atoms with Gasteiger partial charge in [0, 0.05) is 0 Å². The molecule has 0 bridgehead atoms. The first-order chi connectivity index (χ1) is 8.54. The molecule has 4 nitrogen and oxygen atoms in total. The molecule has 6 heteroatoms. The second-order valence-corrected chi connectivity index (χ2v) is 4.91. The Labute approximate surface area is 128 Å². The van der Waals surface area contributed by atoms with E-state index in [0.29, 0.717) is 17.9 Å². The summed E-state index contributed by atoms with van der Waals surface area (Å²) in [6.45, 7) is 2.01. The Morgan fingerprint density at radius 2 is 1.74 bits per heavy atom. The molecule has 0 heterocycles. The van der Waals surface area contributed by atoms with E-state index in [9.17, 15) is 5.11 Å². The van der Waals surface area contributed by atoms with Gasteiger partial charge in [0.1, 0.15) is 16.0 Å². The van der Waals surface area contributed by atoms with Crippen molar-refractivity contribution in [3.8, 4) is 11.5 Å². The second kappa shape index (κ2) is 8.64. The van der Waals surface area contributed by atoms with Crippen molar-refractivity contribution in [2.75, 3.05) is 14.2 Å². The van der Waals surface area contributed by atoms with Crippen molar-refractivity contribution < 1.29 is 14.6 Å². The highest BCUT2D eigenvalue weighted by molar-refractivity contribution is 9.10. The molecule has 110 valence electrons. The SMILES string of the molecule is CCC[C@H](O)[C@H](N)c1cc(OC)c(Br)c(OC)c1.Cl. The maximum Gasteiger partial charge on any atom is 0.137 e. The summed E-state index contributed by atoms with van der Waals surface area (Å²) in [5.74, 6) is 1.28. The van der Waals surface area contributed by atoms with Crippen LogP contribution in [0.4, 0.5) is 0 Å². The summed E-state index contributed by atoms with van der Waals surface area (Å²) in [5, 5.41) is 9.95. The minimum atomic E-state index is -0.564. The highest BCUT2D eigenvalue weighted by atomic mass is 79.9. The summed E-state index contributed by atoms with van der Waals surface area (Å²) in [6, 6.07) is 3.19. The number of ether oxygens (including phenoxy) is 2. The number of nitrogens with two attached hydrogens (primary N) is 1. The van der Waals surface area contributed by atoms with Crippen molar-refractivity contribution in [2.24, 2.45) is 5.73 Å². The Bertz CT molecular complexity index is 378. The van der Waals surface area contributed by atoms with E-state index >= 15 is 0 Å². The molecule has 1 aromatic rings. The van der Waals surface area contributed by atoms with Gasteiger partial charge in [-0.15, -0.1) is 12.4 Å². The lowest BCUT2D eigenvalue weighted by Gasteiger charge is -2.20. The van der Waals surface area contributed by atoms with E-state index in [-0.39, 0.29) is 12.4 Å². The maximum absolute atomic E-state index is 9.95. The van der Waals surface area contributed by atoms with Gasteiger partial charge in [-0.05, 0) is 40.0 Å². The van der Waals surface area contributed by atoms with Gasteiger partial charge in [0.2, 0.25) is 0 Å². The van der Waals surface area contributed by atoms with Crippen LogP contribution < -0.4 is 15.2 Å². The molecule has 0 unspecified atom stereocenters. The smallest absolute Gasteiger partial charge is 0.137 e. The third-order valence-electron chi connectivity index (χ3n) is 2.85. The number of hydrogen-bond acceptors (Lipinski definition) is 4. The highest BCUT2D eigenvalue weighted by Gasteiger charge is 2.19. The number of hydrogen-bond donors (Lipinski definition) is 2. The molecule has 0 saturated heterocycles. The Kier molecular flexibility index (Phi) is 8.41. The molecule has 0 aliphatic rings. The molecule has 0 spiro atoms. The van der Waals surface area contributed by atoms with Gasteiger partial charge in [0.25, 0.3) is 0 Å². The Morgan fingerprint density at radius 1 is 1.26 bits per heavy atom. The maximum atomic E-state index is 9.95. The van der Waals surface area contributed by atoms with E-state index in [1.54, 1.807) is 14.2 Å². The van der Waals surface area contributed by atoms with Crippen LogP contribution in [0, 0.1) is 0 Å². The van der Waals surface area contributed by atoms with E-state index in [2.05, 4.69) is 15.9 Å². The van der Waals surface area contributed by atoms with Crippen molar-refractivity contribution in [2.45, 2.75) is 31.9 Å². The lowest BCUT2D eigenvalue weighted by atomic mass is 9.99. The fraction of sp³-hybridized carbons (Fsp3) is 0.538. The molecule has 3 N–H and O–H groups in total. The van der Waals surface area contributed by atoms with Gasteiger partial charge in [0.15, 0.2) is 0 Å². The van der Waals surface area contributed by atoms with E-state index < -0.39 is 12.1 Å². The fourth-order valence-electron chi connectivity index (χ4n) is 1.78. The van der Waals surface area contributed by atoms with Gasteiger partial charge in [-0.1, -0.05) is 13.3 Å². The summed E-state index contributed by atoms with van der Waals surface area (Å²) in [4.78, 5) is 0. The lowest BCUT2D eigenvalue weighted by Crippen LogP contribution is -2.26. The van der Waals surface area contributed by atoms with Crippen LogP contribution in [0.15, 0.2) is 16.6 Å². The Balaban J connectivity index is 0.00000324. The lowest BCUT2D eigenvalue weighted by molar-refractivity contribution is 0.134. The first-order valence-corrected chi connectivity index (χ1v) is 6.69. The van der Waals surface area contributed by atoms with Gasteiger partial charge >= 0.3 is 0 Å². The third kappa shape index (κ3) is 4.53. The van der Waals surface area contributed by atoms with Gasteiger partial charge in [0.05, 0.1) is 26.4 Å². The summed E-state index contributed by atoms with van der Waals surface area (Å²) < 4.78 is 11.3. The average Bonchev–Trinajstić information content (AvgIpc) is 2.38. The number of methoxy groups -OCH3 is 2. The zero-order valence-electron chi connectivity index (χ0n) is 11.4. The number of aliphatic hydroxyl groups excluding tert-OH is 1. The van der Waals surface area contributed by atoms with Gasteiger partial charge in [-0.2, -0.15) is 0 Å². The van der Waals surface area contributed by atoms with Crippen LogP contribution in [0.1, 0.15) is 31.4 Å². The normalized spacial score (nSPS) is 13.4. The first-order valence-electron chi connectivity index (χ1n) is 5.90. The van der Waals surface area contributed by atoms with Crippen LogP contribution in [0.25, 0.3) is 0 Å². The van der Waals surface area contributed by atoms with Crippen LogP contribution in [0.3, 0.4) is 0 Å². The molecule has 0 aliphatic carbocycles. The largest absolute Gasteiger partial charge is 0.495 e. The molecule has 1 rings (SSSR count). The van der Waals surface area contributed by atoms with Crippen molar-refractivity contribution in [1.29, 1.82) is 0 Å². The number of halogens is 2. The molecule has 0 aromatic heterocycles. The molecule has 0 aliphatic heterocycles. The predicted octanol–water partition coefficient (Wildman–Crippen LogP) is 3.05. The van der Waals surface area contributed by atoms with Crippen molar-refractivity contribution in [3.63, 3.8) is 0 Å². The molecule has 1 aromatic carbocycles. The summed E-state index contributed by atoms with van der Waals surface area (Å²) in [7, 11) is 3.16. The molecular weight excluding hydrogens is 334 g/mol. The topological polar surface area (TPSA) is 64.7 Å². The Hall–Kier alpha value is -0.490. The number of benzene rings is 1. The molecule has 0 amide bonds. The van der Waals surface area contributed by atoms with E-state index in [0.717, 1.165) is 16.5 Å². The predicted molar refractivity (Wildman–Crippen MR) is 82.3 cm³/mol. The quantitative estimate of drug-likeness (QED) is 0.824. The fourth-order valence-corrected chi connectivity index (χ4v) is 2.33. The molecule has 2 atom stereocenters. The van der Waals surface area contributed by atoms with Crippen LogP contribution in [0.2, 0.25) is 0 Å². The monoisotopic (exact) mass is 353 g/mol. The van der Waals surface area contributed by atoms with Crippen molar-refractivity contribution in [3.05, 3.63) is 22.2 Å². The van der Waals surface area contributed by atoms with Crippen LogP contribution in [-0.2, 0) is 0 Å². The number of rotatable bonds is 6. The first kappa shape index (κ1) is 18.5. The third-order valence-corrected chi connectivity index (χ3v) is 3.63. The molecule has 0 radical (unpaired) electrons. The summed E-state index contributed by atoms with van der Waals surface area (Å²) in [5.41, 5.74) is 6.84. The second-order valence-electron chi connectivity index (χ2n) is 4.12. The average molecular weight is 355 g/mol. The highest BCUT2D eigenvalue weighted by Crippen LogP contribution is 2.37. The molecule has 0 saturated carbocycles. The Morgan fingerprint density at radius 3 is 2.11 bits per heavy atom. The van der Waals surface area contributed by atoms with Gasteiger partial charge < -0.3 is 20.3 Å². The van der Waals surface area contributed by atoms with E-state index in [1.165, 1.54) is 0 Å². The van der Waals surface area contributed by atoms with Gasteiger partial charge in [-0.3, -0.25) is 0 Å². The van der Waals surface area contributed by atoms with Crippen molar-refractivity contribution >= 4 is 28.3 Å². The van der Waals surface area contributed by atoms with E-state index in [1.807, 2.05) is 19.1 Å². The molecule has 0 fully saturated rings. The van der Waals surface area contributed by atoms with Crippen LogP contribution in [-0.4, -0.2) is 25.4 Å². The van der Waals surface area contributed by atoms with Crippen LogP contribution in [0.5, 0.6) is 11.5 Å². The summed E-state index contributed by atoms with van der Waals surface area (Å²) >= 11 is 3.40. The summed E-state index contributed by atoms with van der Waals surface area (Å²) in [6.07, 6.45) is 0.993. The standard InChI is InChI=1S/C13H20BrNO3.ClH/c1-4-5-9(16)13(15)8-6-10(17-2)12(14)11(7-8)18-3;/h6-7,9,13,16H,4-5,15H2,1-3H3;1H/t9-,13+;/m0./s1. The minimum Gasteiger partial charge on any atom is -0.495 e. The number of aliphatic hydroxyl groups is 1. The minimum absolute atomic E-state index is 0. The van der Waals surface area contributed by atoms with Crippen LogP contribution >= 0.6 is 28.3 Å².